The Bertz CT molecular complexity index is 1220. The molecule has 0 saturated carbocycles. The topological polar surface area (TPSA) is 107 Å². The van der Waals surface area contributed by atoms with Crippen LogP contribution in [0, 0.1) is 0 Å². The van der Waals surface area contributed by atoms with E-state index in [-0.39, 0.29) is 11.4 Å². The number of nitrogens with one attached hydrogen (secondary N) is 1. The van der Waals surface area contributed by atoms with Crippen LogP contribution in [0.4, 0.5) is 5.13 Å². The normalized spacial score (nSPS) is 13.8. The Morgan fingerprint density at radius 2 is 1.97 bits per heavy atom. The summed E-state index contributed by atoms with van der Waals surface area (Å²) in [5, 5.41) is 3.04. The number of thiazole rings is 1. The van der Waals surface area contributed by atoms with Crippen LogP contribution in [0.15, 0.2) is 41.3 Å². The highest BCUT2D eigenvalue weighted by Crippen LogP contribution is 2.33. The van der Waals surface area contributed by atoms with Gasteiger partial charge in [0.15, 0.2) is 16.6 Å². The highest BCUT2D eigenvalue weighted by atomic mass is 32.2. The number of hydrogen-bond donors (Lipinski definition) is 1. The Labute approximate surface area is 183 Å². The minimum atomic E-state index is -3.90. The average molecular weight is 464 g/mol. The number of carbonyl (C=O) groups is 1. The van der Waals surface area contributed by atoms with Crippen LogP contribution in [0.3, 0.4) is 0 Å². The summed E-state index contributed by atoms with van der Waals surface area (Å²) in [5.41, 5.74) is 0.717. The maximum atomic E-state index is 12.9. The van der Waals surface area contributed by atoms with Gasteiger partial charge in [-0.05, 0) is 30.3 Å². The number of nitrogens with zero attached hydrogens (tertiary/aromatic N) is 2. The maximum Gasteiger partial charge on any atom is 0.243 e. The van der Waals surface area contributed by atoms with E-state index in [0.29, 0.717) is 41.1 Å². The lowest BCUT2D eigenvalue weighted by molar-refractivity contribution is -0.116. The summed E-state index contributed by atoms with van der Waals surface area (Å²) >= 11 is 1.28. The molecular weight excluding hydrogens is 442 g/mol. The number of sulfonamides is 1. The molecule has 164 valence electrons. The fraction of sp³-hybridized carbons (Fsp3) is 0.300. The molecule has 2 heterocycles. The largest absolute Gasteiger partial charge is 0.497 e. The first-order valence-corrected chi connectivity index (χ1v) is 11.7. The molecule has 1 aliphatic heterocycles. The Morgan fingerprint density at radius 1 is 1.19 bits per heavy atom. The number of amides is 1. The van der Waals surface area contributed by atoms with Gasteiger partial charge < -0.3 is 19.5 Å². The zero-order valence-electron chi connectivity index (χ0n) is 17.0. The number of likely N-dealkylation sites (N-methyl/N-ethyl adjacent to an activating group) is 1. The highest BCUT2D eigenvalue weighted by molar-refractivity contribution is 7.89. The van der Waals surface area contributed by atoms with Crippen LogP contribution in [-0.4, -0.2) is 57.5 Å². The Kier molecular flexibility index (Phi) is 5.99. The van der Waals surface area contributed by atoms with Crippen LogP contribution in [0.1, 0.15) is 6.42 Å². The molecule has 0 atom stereocenters. The van der Waals surface area contributed by atoms with Crippen LogP contribution in [0.25, 0.3) is 10.2 Å². The number of carbonyl (C=O) groups excluding carboxylic acids is 1. The second kappa shape index (κ2) is 8.69. The standard InChI is InChI=1S/C20H21N3O6S2/c1-23(31(25,26)14-5-7-16-17(11-14)29-9-3-8-28-16)12-19(24)22-20-21-15-6-4-13(27-2)10-18(15)30-20/h4-7,10-11H,3,8-9,12H2,1-2H3,(H,21,22,24). The summed E-state index contributed by atoms with van der Waals surface area (Å²) in [7, 11) is -0.980. The van der Waals surface area contributed by atoms with E-state index >= 15 is 0 Å². The molecule has 0 aliphatic carbocycles. The molecule has 0 spiro atoms. The number of fused-ring (bicyclic) bond motifs is 2. The van der Waals surface area contributed by atoms with E-state index in [1.165, 1.54) is 30.5 Å². The summed E-state index contributed by atoms with van der Waals surface area (Å²) in [6.07, 6.45) is 0.718. The van der Waals surface area contributed by atoms with Crippen molar-refractivity contribution in [3.05, 3.63) is 36.4 Å². The predicted octanol–water partition coefficient (Wildman–Crippen LogP) is 2.73. The van der Waals surface area contributed by atoms with Crippen LogP contribution in [0.2, 0.25) is 0 Å². The van der Waals surface area contributed by atoms with Gasteiger partial charge in [-0.15, -0.1) is 0 Å². The maximum absolute atomic E-state index is 12.9. The van der Waals surface area contributed by atoms with E-state index in [9.17, 15) is 13.2 Å². The minimum Gasteiger partial charge on any atom is -0.497 e. The van der Waals surface area contributed by atoms with Crippen LogP contribution < -0.4 is 19.5 Å². The molecule has 0 unspecified atom stereocenters. The van der Waals surface area contributed by atoms with E-state index in [4.69, 9.17) is 14.2 Å². The van der Waals surface area contributed by atoms with Gasteiger partial charge in [-0.3, -0.25) is 4.79 Å². The smallest absolute Gasteiger partial charge is 0.243 e. The summed E-state index contributed by atoms with van der Waals surface area (Å²) < 4.78 is 44.0. The van der Waals surface area contributed by atoms with Crippen molar-refractivity contribution in [3.63, 3.8) is 0 Å². The third-order valence-corrected chi connectivity index (χ3v) is 7.37. The molecule has 1 aliphatic rings. The zero-order chi connectivity index (χ0) is 22.0. The quantitative estimate of drug-likeness (QED) is 0.599. The van der Waals surface area contributed by atoms with Gasteiger partial charge in [-0.1, -0.05) is 11.3 Å². The fourth-order valence-corrected chi connectivity index (χ4v) is 5.07. The van der Waals surface area contributed by atoms with Crippen LogP contribution >= 0.6 is 11.3 Å². The third kappa shape index (κ3) is 4.58. The number of ether oxygens (including phenoxy) is 3. The molecule has 1 N–H and O–H groups in total. The monoisotopic (exact) mass is 463 g/mol. The van der Waals surface area contributed by atoms with Crippen molar-refractivity contribution in [2.45, 2.75) is 11.3 Å². The number of hydrogen-bond acceptors (Lipinski definition) is 8. The number of rotatable bonds is 6. The fourth-order valence-electron chi connectivity index (χ4n) is 3.02. The molecular formula is C20H21N3O6S2. The first-order chi connectivity index (χ1) is 14.9. The molecule has 0 fully saturated rings. The molecule has 11 heteroatoms. The summed E-state index contributed by atoms with van der Waals surface area (Å²) in [6.45, 7) is 0.594. The predicted molar refractivity (Wildman–Crippen MR) is 117 cm³/mol. The third-order valence-electron chi connectivity index (χ3n) is 4.64. The van der Waals surface area contributed by atoms with Crippen molar-refractivity contribution in [3.8, 4) is 17.2 Å². The molecule has 4 rings (SSSR count). The molecule has 9 nitrogen and oxygen atoms in total. The minimum absolute atomic E-state index is 0.0270. The Morgan fingerprint density at radius 3 is 2.74 bits per heavy atom. The lowest BCUT2D eigenvalue weighted by Gasteiger charge is -2.17. The number of aromatic nitrogens is 1. The van der Waals surface area contributed by atoms with Crippen molar-refractivity contribution in [1.29, 1.82) is 0 Å². The first-order valence-electron chi connectivity index (χ1n) is 9.47. The molecule has 2 aromatic carbocycles. The van der Waals surface area contributed by atoms with Gasteiger partial charge >= 0.3 is 0 Å². The zero-order valence-corrected chi connectivity index (χ0v) is 18.6. The average Bonchev–Trinajstić information content (AvgIpc) is 2.98. The lowest BCUT2D eigenvalue weighted by atomic mass is 10.3. The molecule has 0 saturated heterocycles. The van der Waals surface area contributed by atoms with Gasteiger partial charge in [0.25, 0.3) is 0 Å². The van der Waals surface area contributed by atoms with Crippen LogP contribution in [-0.2, 0) is 14.8 Å². The molecule has 3 aromatic rings. The SMILES string of the molecule is COc1ccc2nc(NC(=O)CN(C)S(=O)(=O)c3ccc4c(c3)OCCCO4)sc2c1. The van der Waals surface area contributed by atoms with Gasteiger partial charge in [0.2, 0.25) is 15.9 Å². The number of benzene rings is 2. The summed E-state index contributed by atoms with van der Waals surface area (Å²) in [4.78, 5) is 16.8. The second-order valence-electron chi connectivity index (χ2n) is 6.82. The van der Waals surface area contributed by atoms with Crippen molar-refractivity contribution in [1.82, 2.24) is 9.29 Å². The van der Waals surface area contributed by atoms with Crippen molar-refractivity contribution in [2.75, 3.05) is 39.2 Å². The van der Waals surface area contributed by atoms with E-state index in [1.54, 1.807) is 25.3 Å². The van der Waals surface area contributed by atoms with Gasteiger partial charge in [-0.2, -0.15) is 4.31 Å². The summed E-state index contributed by atoms with van der Waals surface area (Å²) in [6, 6.07) is 9.83. The number of anilines is 1. The highest BCUT2D eigenvalue weighted by Gasteiger charge is 2.25. The molecule has 1 aromatic heterocycles. The summed E-state index contributed by atoms with van der Waals surface area (Å²) in [5.74, 6) is 1.08. The van der Waals surface area contributed by atoms with Crippen LogP contribution in [0.5, 0.6) is 17.2 Å². The van der Waals surface area contributed by atoms with E-state index < -0.39 is 15.9 Å². The second-order valence-corrected chi connectivity index (χ2v) is 9.90. The Hall–Kier alpha value is -2.89. The molecule has 0 radical (unpaired) electrons. The molecule has 0 bridgehead atoms. The van der Waals surface area contributed by atoms with Crippen molar-refractivity contribution >= 4 is 42.6 Å². The van der Waals surface area contributed by atoms with Gasteiger partial charge in [0.05, 0.1) is 42.0 Å². The number of methoxy groups -OCH3 is 1. The lowest BCUT2D eigenvalue weighted by Crippen LogP contribution is -2.34. The van der Waals surface area contributed by atoms with E-state index in [1.807, 2.05) is 6.07 Å². The van der Waals surface area contributed by atoms with Crippen molar-refractivity contribution in [2.24, 2.45) is 0 Å². The molecule has 31 heavy (non-hydrogen) atoms. The van der Waals surface area contributed by atoms with Gasteiger partial charge in [0.1, 0.15) is 5.75 Å². The van der Waals surface area contributed by atoms with Gasteiger partial charge in [0, 0.05) is 19.5 Å². The first kappa shape index (κ1) is 21.3. The van der Waals surface area contributed by atoms with E-state index in [0.717, 1.165) is 15.4 Å². The van der Waals surface area contributed by atoms with Crippen molar-refractivity contribution < 1.29 is 27.4 Å². The Balaban J connectivity index is 1.46. The van der Waals surface area contributed by atoms with E-state index in [2.05, 4.69) is 10.3 Å². The van der Waals surface area contributed by atoms with Gasteiger partial charge in [-0.25, -0.2) is 13.4 Å². The molecule has 1 amide bonds.